The predicted octanol–water partition coefficient (Wildman–Crippen LogP) is 2.55. The fourth-order valence-corrected chi connectivity index (χ4v) is 2.61. The van der Waals surface area contributed by atoms with Gasteiger partial charge in [-0.15, -0.1) is 0 Å². The molecule has 2 aromatic carbocycles. The Morgan fingerprint density at radius 2 is 1.92 bits per heavy atom. The van der Waals surface area contributed by atoms with Gasteiger partial charge in [0.05, 0.1) is 12.0 Å². The van der Waals surface area contributed by atoms with Crippen LogP contribution in [0.2, 0.25) is 0 Å². The molecule has 0 fully saturated rings. The third-order valence-corrected chi connectivity index (χ3v) is 3.95. The van der Waals surface area contributed by atoms with Crippen LogP contribution >= 0.6 is 0 Å². The lowest BCUT2D eigenvalue weighted by Crippen LogP contribution is -2.24. The number of likely N-dealkylation sites (N-methyl/N-ethyl adjacent to an activating group) is 1. The normalized spacial score (nSPS) is 13.2. The van der Waals surface area contributed by atoms with Crippen molar-refractivity contribution in [3.63, 3.8) is 0 Å². The van der Waals surface area contributed by atoms with Gasteiger partial charge in [-0.3, -0.25) is 9.59 Å². The minimum atomic E-state index is -1.68. The van der Waals surface area contributed by atoms with Crippen LogP contribution in [0.1, 0.15) is 21.5 Å². The van der Waals surface area contributed by atoms with Gasteiger partial charge in [-0.1, -0.05) is 12.1 Å². The third kappa shape index (κ3) is 2.73. The average Bonchev–Trinajstić information content (AvgIpc) is 2.84. The Balaban J connectivity index is 1.73. The lowest BCUT2D eigenvalue weighted by atomic mass is 10.1. The topological polar surface area (TPSA) is 49.4 Å². The molecule has 2 amide bonds. The fraction of sp³-hybridized carbons (Fsp3) is 0.176. The Hall–Kier alpha value is -2.83. The lowest BCUT2D eigenvalue weighted by molar-refractivity contribution is -0.117. The Morgan fingerprint density at radius 3 is 2.67 bits per heavy atom. The van der Waals surface area contributed by atoms with Crippen molar-refractivity contribution in [2.45, 2.75) is 13.0 Å². The molecule has 2 aromatic rings. The number of carbonyl (C=O) groups is 2. The SMILES string of the molecule is CN1C(=O)Cc2cc(CNC(=O)c3ccc(F)c(F)c3F)ccc21. The van der Waals surface area contributed by atoms with Crippen LogP contribution in [-0.4, -0.2) is 18.9 Å². The molecule has 3 rings (SSSR count). The van der Waals surface area contributed by atoms with Crippen molar-refractivity contribution in [3.8, 4) is 0 Å². The maximum atomic E-state index is 13.6. The maximum absolute atomic E-state index is 13.6. The summed E-state index contributed by atoms with van der Waals surface area (Å²) in [5.74, 6) is -5.41. The van der Waals surface area contributed by atoms with E-state index in [4.69, 9.17) is 0 Å². The van der Waals surface area contributed by atoms with E-state index in [0.717, 1.165) is 17.3 Å². The van der Waals surface area contributed by atoms with Gasteiger partial charge in [0.25, 0.3) is 5.91 Å². The fourth-order valence-electron chi connectivity index (χ4n) is 2.61. The smallest absolute Gasteiger partial charge is 0.254 e. The molecule has 0 saturated heterocycles. The molecular weight excluding hydrogens is 321 g/mol. The van der Waals surface area contributed by atoms with E-state index in [1.807, 2.05) is 0 Å². The molecule has 0 unspecified atom stereocenters. The Bertz CT molecular complexity index is 852. The molecule has 0 atom stereocenters. The number of hydrogen-bond donors (Lipinski definition) is 1. The van der Waals surface area contributed by atoms with Crippen LogP contribution in [-0.2, 0) is 17.8 Å². The quantitative estimate of drug-likeness (QED) is 0.877. The van der Waals surface area contributed by atoms with Crippen molar-refractivity contribution in [3.05, 3.63) is 64.5 Å². The molecule has 24 heavy (non-hydrogen) atoms. The largest absolute Gasteiger partial charge is 0.348 e. The molecular formula is C17H13F3N2O2. The van der Waals surface area contributed by atoms with Gasteiger partial charge in [-0.25, -0.2) is 13.2 Å². The van der Waals surface area contributed by atoms with Crippen LogP contribution in [0.25, 0.3) is 0 Å². The number of amides is 2. The number of hydrogen-bond acceptors (Lipinski definition) is 2. The molecule has 1 aliphatic rings. The number of nitrogens with zero attached hydrogens (tertiary/aromatic N) is 1. The van der Waals surface area contributed by atoms with Gasteiger partial charge in [0.1, 0.15) is 0 Å². The molecule has 124 valence electrons. The maximum Gasteiger partial charge on any atom is 0.254 e. The summed E-state index contributed by atoms with van der Waals surface area (Å²) in [6, 6.07) is 6.86. The molecule has 0 radical (unpaired) electrons. The molecule has 0 aliphatic carbocycles. The second-order valence-electron chi connectivity index (χ2n) is 5.50. The van der Waals surface area contributed by atoms with Crippen molar-refractivity contribution < 1.29 is 22.8 Å². The van der Waals surface area contributed by atoms with Gasteiger partial charge < -0.3 is 10.2 Å². The minimum Gasteiger partial charge on any atom is -0.348 e. The standard InChI is InChI=1S/C17H13F3N2O2/c1-22-13-5-2-9(6-10(13)7-14(22)23)8-21-17(24)11-3-4-12(18)16(20)15(11)19/h2-6H,7-8H2,1H3,(H,21,24). The van der Waals surface area contributed by atoms with Crippen LogP contribution < -0.4 is 10.2 Å². The predicted molar refractivity (Wildman–Crippen MR) is 81.0 cm³/mol. The van der Waals surface area contributed by atoms with E-state index in [-0.39, 0.29) is 18.9 Å². The van der Waals surface area contributed by atoms with Gasteiger partial charge >= 0.3 is 0 Å². The van der Waals surface area contributed by atoms with Gasteiger partial charge in [0, 0.05) is 19.3 Å². The highest BCUT2D eigenvalue weighted by molar-refractivity contribution is 6.01. The number of halogens is 3. The summed E-state index contributed by atoms with van der Waals surface area (Å²) in [5, 5.41) is 2.45. The Labute approximate surface area is 135 Å². The van der Waals surface area contributed by atoms with Crippen LogP contribution in [0.15, 0.2) is 30.3 Å². The zero-order chi connectivity index (χ0) is 17.4. The monoisotopic (exact) mass is 334 g/mol. The highest BCUT2D eigenvalue weighted by Gasteiger charge is 2.24. The summed E-state index contributed by atoms with van der Waals surface area (Å²) in [6.45, 7) is 0.0719. The molecule has 0 spiro atoms. The van der Waals surface area contributed by atoms with Crippen molar-refractivity contribution in [1.82, 2.24) is 5.32 Å². The first kappa shape index (κ1) is 16.0. The number of nitrogens with one attached hydrogen (secondary N) is 1. The summed E-state index contributed by atoms with van der Waals surface area (Å²) in [6.07, 6.45) is 0.283. The second kappa shape index (κ2) is 5.99. The molecule has 0 bridgehead atoms. The first-order valence-corrected chi connectivity index (χ1v) is 7.18. The van der Waals surface area contributed by atoms with Gasteiger partial charge in [0.15, 0.2) is 17.5 Å². The Kier molecular flexibility index (Phi) is 4.01. The zero-order valence-corrected chi connectivity index (χ0v) is 12.7. The van der Waals surface area contributed by atoms with Crippen molar-refractivity contribution in [2.75, 3.05) is 11.9 Å². The summed E-state index contributed by atoms with van der Waals surface area (Å²) < 4.78 is 39.6. The van der Waals surface area contributed by atoms with E-state index < -0.39 is 28.9 Å². The summed E-state index contributed by atoms with van der Waals surface area (Å²) >= 11 is 0. The van der Waals surface area contributed by atoms with Crippen LogP contribution in [0.3, 0.4) is 0 Å². The first-order valence-electron chi connectivity index (χ1n) is 7.18. The summed E-state index contributed by atoms with van der Waals surface area (Å²) in [7, 11) is 1.68. The van der Waals surface area contributed by atoms with E-state index in [0.29, 0.717) is 11.6 Å². The highest BCUT2D eigenvalue weighted by Crippen LogP contribution is 2.28. The second-order valence-corrected chi connectivity index (χ2v) is 5.50. The Morgan fingerprint density at radius 1 is 1.17 bits per heavy atom. The van der Waals surface area contributed by atoms with Crippen molar-refractivity contribution in [1.29, 1.82) is 0 Å². The van der Waals surface area contributed by atoms with Crippen molar-refractivity contribution in [2.24, 2.45) is 0 Å². The molecule has 4 nitrogen and oxygen atoms in total. The molecule has 1 aliphatic heterocycles. The van der Waals surface area contributed by atoms with E-state index in [1.54, 1.807) is 30.1 Å². The first-order chi connectivity index (χ1) is 11.4. The molecule has 1 heterocycles. The van der Waals surface area contributed by atoms with Gasteiger partial charge in [-0.2, -0.15) is 0 Å². The van der Waals surface area contributed by atoms with Crippen LogP contribution in [0.5, 0.6) is 0 Å². The van der Waals surface area contributed by atoms with Gasteiger partial charge in [0.2, 0.25) is 5.91 Å². The number of rotatable bonds is 3. The lowest BCUT2D eigenvalue weighted by Gasteiger charge is -2.11. The number of fused-ring (bicyclic) bond motifs is 1. The van der Waals surface area contributed by atoms with E-state index >= 15 is 0 Å². The number of anilines is 1. The molecule has 7 heteroatoms. The van der Waals surface area contributed by atoms with Crippen LogP contribution in [0.4, 0.5) is 18.9 Å². The van der Waals surface area contributed by atoms with Crippen LogP contribution in [0, 0.1) is 17.5 Å². The molecule has 1 N–H and O–H groups in total. The van der Waals surface area contributed by atoms with E-state index in [2.05, 4.69) is 5.32 Å². The van der Waals surface area contributed by atoms with Gasteiger partial charge in [-0.05, 0) is 29.3 Å². The summed E-state index contributed by atoms with van der Waals surface area (Å²) in [5.41, 5.74) is 1.80. The third-order valence-electron chi connectivity index (χ3n) is 3.95. The molecule has 0 aromatic heterocycles. The zero-order valence-electron chi connectivity index (χ0n) is 12.7. The van der Waals surface area contributed by atoms with E-state index in [1.165, 1.54) is 0 Å². The minimum absolute atomic E-state index is 0.0185. The summed E-state index contributed by atoms with van der Waals surface area (Å²) in [4.78, 5) is 25.1. The molecule has 0 saturated carbocycles. The van der Waals surface area contributed by atoms with Crippen molar-refractivity contribution >= 4 is 17.5 Å². The average molecular weight is 334 g/mol. The number of benzene rings is 2. The highest BCUT2D eigenvalue weighted by atomic mass is 19.2. The van der Waals surface area contributed by atoms with E-state index in [9.17, 15) is 22.8 Å². The number of carbonyl (C=O) groups excluding carboxylic acids is 2.